The Labute approximate surface area is 155 Å². The molecule has 26 heavy (non-hydrogen) atoms. The van der Waals surface area contributed by atoms with Crippen LogP contribution in [0.5, 0.6) is 0 Å². The van der Waals surface area contributed by atoms with Gasteiger partial charge < -0.3 is 9.84 Å². The molecular weight excluding hydrogens is 324 g/mol. The van der Waals surface area contributed by atoms with E-state index in [1.165, 1.54) is 6.08 Å². The molecule has 2 aromatic rings. The lowest BCUT2D eigenvalue weighted by Gasteiger charge is -2.24. The Kier molecular flexibility index (Phi) is 7.84. The summed E-state index contributed by atoms with van der Waals surface area (Å²) in [5.74, 6) is -0.624. The molecule has 0 spiro atoms. The normalized spacial score (nSPS) is 15.0. The highest BCUT2D eigenvalue weighted by atomic mass is 16.5. The first-order valence-corrected chi connectivity index (χ1v) is 8.95. The van der Waals surface area contributed by atoms with Crippen LogP contribution in [0.4, 0.5) is 0 Å². The summed E-state index contributed by atoms with van der Waals surface area (Å²) in [7, 11) is 0. The molecule has 0 aliphatic rings. The van der Waals surface area contributed by atoms with Crippen LogP contribution in [0.15, 0.2) is 72.8 Å². The predicted molar refractivity (Wildman–Crippen MR) is 106 cm³/mol. The summed E-state index contributed by atoms with van der Waals surface area (Å²) < 4.78 is 5.61. The summed E-state index contributed by atoms with van der Waals surface area (Å²) in [6, 6.07) is 19.4. The number of hydrogen-bond donors (Lipinski definition) is 1. The van der Waals surface area contributed by atoms with Crippen LogP contribution in [0.3, 0.4) is 0 Å². The number of esters is 1. The standard InChI is InChI=1S/C23H26O3/c1-3-21(24)18(2)22(16-14-19-10-6-4-7-11-19)26-23(25)17-15-20-12-8-5-9-13-20/h4-18,21-22,24H,3H2,1-2H3/b16-14+,17-15+/t18-,21+,22+/m1/s1. The summed E-state index contributed by atoms with van der Waals surface area (Å²) in [5, 5.41) is 10.2. The number of aliphatic hydroxyl groups excluding tert-OH is 1. The van der Waals surface area contributed by atoms with E-state index in [4.69, 9.17) is 4.74 Å². The first kappa shape index (κ1) is 19.7. The van der Waals surface area contributed by atoms with Crippen molar-refractivity contribution in [1.29, 1.82) is 0 Å². The SMILES string of the molecule is CC[C@H](O)[C@@H](C)[C@H](/C=C/c1ccccc1)OC(=O)/C=C/c1ccccc1. The quantitative estimate of drug-likeness (QED) is 0.553. The van der Waals surface area contributed by atoms with Gasteiger partial charge in [-0.2, -0.15) is 0 Å². The fourth-order valence-corrected chi connectivity index (χ4v) is 2.58. The molecule has 3 atom stereocenters. The van der Waals surface area contributed by atoms with Crippen molar-refractivity contribution in [2.75, 3.05) is 0 Å². The van der Waals surface area contributed by atoms with E-state index in [1.54, 1.807) is 6.08 Å². The Morgan fingerprint density at radius 2 is 1.54 bits per heavy atom. The third kappa shape index (κ3) is 6.34. The van der Waals surface area contributed by atoms with Crippen LogP contribution in [0.25, 0.3) is 12.2 Å². The van der Waals surface area contributed by atoms with Crippen LogP contribution < -0.4 is 0 Å². The molecule has 0 aromatic heterocycles. The van der Waals surface area contributed by atoms with E-state index in [9.17, 15) is 9.90 Å². The minimum absolute atomic E-state index is 0.200. The molecule has 0 bridgehead atoms. The van der Waals surface area contributed by atoms with E-state index in [1.807, 2.05) is 86.7 Å². The van der Waals surface area contributed by atoms with Crippen LogP contribution in [0, 0.1) is 5.92 Å². The van der Waals surface area contributed by atoms with Gasteiger partial charge in [0.25, 0.3) is 0 Å². The number of carbonyl (C=O) groups is 1. The number of carbonyl (C=O) groups excluding carboxylic acids is 1. The molecule has 0 aliphatic heterocycles. The van der Waals surface area contributed by atoms with Gasteiger partial charge in [-0.05, 0) is 29.7 Å². The average molecular weight is 350 g/mol. The molecule has 0 radical (unpaired) electrons. The van der Waals surface area contributed by atoms with Crippen molar-refractivity contribution < 1.29 is 14.6 Å². The molecule has 0 aliphatic carbocycles. The molecule has 0 fully saturated rings. The largest absolute Gasteiger partial charge is 0.455 e. The Bertz CT molecular complexity index is 720. The molecular formula is C23H26O3. The molecule has 136 valence electrons. The maximum Gasteiger partial charge on any atom is 0.331 e. The zero-order valence-corrected chi connectivity index (χ0v) is 15.3. The van der Waals surface area contributed by atoms with Gasteiger partial charge in [-0.1, -0.05) is 80.6 Å². The van der Waals surface area contributed by atoms with E-state index < -0.39 is 18.2 Å². The van der Waals surface area contributed by atoms with Crippen molar-refractivity contribution >= 4 is 18.1 Å². The average Bonchev–Trinajstić information content (AvgIpc) is 2.70. The van der Waals surface area contributed by atoms with Crippen molar-refractivity contribution in [2.45, 2.75) is 32.5 Å². The van der Waals surface area contributed by atoms with Gasteiger partial charge in [0.05, 0.1) is 6.10 Å². The fourth-order valence-electron chi connectivity index (χ4n) is 2.58. The minimum Gasteiger partial charge on any atom is -0.455 e. The molecule has 0 heterocycles. The summed E-state index contributed by atoms with van der Waals surface area (Å²) in [6.07, 6.45) is 6.47. The maximum atomic E-state index is 12.2. The van der Waals surface area contributed by atoms with Gasteiger partial charge in [-0.15, -0.1) is 0 Å². The zero-order valence-electron chi connectivity index (χ0n) is 15.3. The lowest BCUT2D eigenvalue weighted by Crippen LogP contribution is -2.31. The van der Waals surface area contributed by atoms with Gasteiger partial charge in [0, 0.05) is 12.0 Å². The van der Waals surface area contributed by atoms with E-state index in [2.05, 4.69) is 0 Å². The molecule has 3 heteroatoms. The van der Waals surface area contributed by atoms with Crippen LogP contribution >= 0.6 is 0 Å². The van der Waals surface area contributed by atoms with Crippen molar-refractivity contribution in [1.82, 2.24) is 0 Å². The highest BCUT2D eigenvalue weighted by Gasteiger charge is 2.24. The highest BCUT2D eigenvalue weighted by Crippen LogP contribution is 2.18. The van der Waals surface area contributed by atoms with Crippen LogP contribution in [0.1, 0.15) is 31.4 Å². The number of ether oxygens (including phenoxy) is 1. The monoisotopic (exact) mass is 350 g/mol. The predicted octanol–water partition coefficient (Wildman–Crippen LogP) is 4.73. The number of rotatable bonds is 8. The lowest BCUT2D eigenvalue weighted by molar-refractivity contribution is -0.144. The van der Waals surface area contributed by atoms with Crippen LogP contribution in [-0.4, -0.2) is 23.3 Å². The Balaban J connectivity index is 2.09. The Morgan fingerprint density at radius 1 is 1.00 bits per heavy atom. The minimum atomic E-state index is -0.536. The van der Waals surface area contributed by atoms with Crippen LogP contribution in [-0.2, 0) is 9.53 Å². The number of hydrogen-bond acceptors (Lipinski definition) is 3. The second kappa shape index (κ2) is 10.4. The number of benzene rings is 2. The first-order chi connectivity index (χ1) is 12.6. The summed E-state index contributed by atoms with van der Waals surface area (Å²) in [5.41, 5.74) is 1.95. The molecule has 2 aromatic carbocycles. The summed E-state index contributed by atoms with van der Waals surface area (Å²) in [6.45, 7) is 3.80. The second-order valence-electron chi connectivity index (χ2n) is 6.25. The maximum absolute atomic E-state index is 12.2. The van der Waals surface area contributed by atoms with E-state index in [0.717, 1.165) is 11.1 Å². The summed E-state index contributed by atoms with van der Waals surface area (Å²) in [4.78, 5) is 12.2. The van der Waals surface area contributed by atoms with Gasteiger partial charge in [0.15, 0.2) is 0 Å². The smallest absolute Gasteiger partial charge is 0.331 e. The molecule has 2 rings (SSSR count). The van der Waals surface area contributed by atoms with Gasteiger partial charge in [-0.25, -0.2) is 4.79 Å². The topological polar surface area (TPSA) is 46.5 Å². The molecule has 3 nitrogen and oxygen atoms in total. The molecule has 0 amide bonds. The third-order valence-electron chi connectivity index (χ3n) is 4.29. The zero-order chi connectivity index (χ0) is 18.8. The van der Waals surface area contributed by atoms with Crippen molar-refractivity contribution in [3.05, 3.63) is 83.9 Å². The Morgan fingerprint density at radius 3 is 2.08 bits per heavy atom. The van der Waals surface area contributed by atoms with Gasteiger partial charge in [0.1, 0.15) is 6.10 Å². The summed E-state index contributed by atoms with van der Waals surface area (Å²) >= 11 is 0. The number of aliphatic hydroxyl groups is 1. The fraction of sp³-hybridized carbons (Fsp3) is 0.261. The van der Waals surface area contributed by atoms with Gasteiger partial charge in [0.2, 0.25) is 0 Å². The van der Waals surface area contributed by atoms with Crippen molar-refractivity contribution in [2.24, 2.45) is 5.92 Å². The van der Waals surface area contributed by atoms with Crippen LogP contribution in [0.2, 0.25) is 0 Å². The van der Waals surface area contributed by atoms with Crippen molar-refractivity contribution in [3.63, 3.8) is 0 Å². The molecule has 1 N–H and O–H groups in total. The first-order valence-electron chi connectivity index (χ1n) is 8.95. The van der Waals surface area contributed by atoms with E-state index >= 15 is 0 Å². The van der Waals surface area contributed by atoms with Gasteiger partial charge >= 0.3 is 5.97 Å². The van der Waals surface area contributed by atoms with Crippen molar-refractivity contribution in [3.8, 4) is 0 Å². The third-order valence-corrected chi connectivity index (χ3v) is 4.29. The lowest BCUT2D eigenvalue weighted by atomic mass is 9.95. The second-order valence-corrected chi connectivity index (χ2v) is 6.25. The van der Waals surface area contributed by atoms with E-state index in [-0.39, 0.29) is 5.92 Å². The Hall–Kier alpha value is -2.65. The highest BCUT2D eigenvalue weighted by molar-refractivity contribution is 5.87. The van der Waals surface area contributed by atoms with E-state index in [0.29, 0.717) is 6.42 Å². The molecule has 0 unspecified atom stereocenters. The molecule has 0 saturated heterocycles. The van der Waals surface area contributed by atoms with Gasteiger partial charge in [-0.3, -0.25) is 0 Å². The molecule has 0 saturated carbocycles.